The van der Waals surface area contributed by atoms with Crippen molar-refractivity contribution < 1.29 is 9.21 Å². The van der Waals surface area contributed by atoms with Crippen molar-refractivity contribution in [3.63, 3.8) is 0 Å². The molecule has 0 radical (unpaired) electrons. The summed E-state index contributed by atoms with van der Waals surface area (Å²) in [6, 6.07) is 5.65. The van der Waals surface area contributed by atoms with Crippen LogP contribution in [0.25, 0.3) is 28.2 Å². The average Bonchev–Trinajstić information content (AvgIpc) is 3.10. The normalized spacial score (nSPS) is 16.1. The lowest BCUT2D eigenvalue weighted by Crippen LogP contribution is -2.17. The van der Waals surface area contributed by atoms with Crippen LogP contribution in [0.2, 0.25) is 0 Å². The second kappa shape index (κ2) is 6.12. The molecule has 0 aromatic carbocycles. The molecule has 1 saturated heterocycles. The summed E-state index contributed by atoms with van der Waals surface area (Å²) in [5.41, 5.74) is 2.45. The number of carbonyl (C=O) groups excluding carboxylic acids is 1. The van der Waals surface area contributed by atoms with Gasteiger partial charge in [-0.15, -0.1) is 0 Å². The van der Waals surface area contributed by atoms with Gasteiger partial charge in [0.25, 0.3) is 5.91 Å². The molecule has 24 heavy (non-hydrogen) atoms. The van der Waals surface area contributed by atoms with Gasteiger partial charge >= 0.3 is 0 Å². The number of thiocarbonyl (C=S) groups is 1. The maximum Gasteiger partial charge on any atom is 0.263 e. The van der Waals surface area contributed by atoms with Gasteiger partial charge in [-0.2, -0.15) is 0 Å². The lowest BCUT2D eigenvalue weighted by molar-refractivity contribution is -0.115. The van der Waals surface area contributed by atoms with Crippen LogP contribution in [-0.4, -0.2) is 20.2 Å². The van der Waals surface area contributed by atoms with Gasteiger partial charge in [0, 0.05) is 41.2 Å². The Morgan fingerprint density at radius 1 is 1.29 bits per heavy atom. The number of pyridine rings is 2. The molecule has 3 aromatic heterocycles. The molecule has 0 aliphatic carbocycles. The van der Waals surface area contributed by atoms with E-state index < -0.39 is 0 Å². The van der Waals surface area contributed by atoms with Crippen molar-refractivity contribution in [2.75, 3.05) is 0 Å². The zero-order chi connectivity index (χ0) is 16.7. The highest BCUT2D eigenvalue weighted by molar-refractivity contribution is 9.10. The third-order valence-electron chi connectivity index (χ3n) is 3.40. The first-order chi connectivity index (χ1) is 11.6. The third-order valence-corrected chi connectivity index (χ3v) is 5.03. The summed E-state index contributed by atoms with van der Waals surface area (Å²) >= 11 is 9.53. The van der Waals surface area contributed by atoms with Gasteiger partial charge in [0.05, 0.1) is 4.91 Å². The fraction of sp³-hybridized carbons (Fsp3) is 0. The number of halogens is 1. The molecule has 1 amide bonds. The van der Waals surface area contributed by atoms with Crippen LogP contribution in [0.15, 0.2) is 50.7 Å². The molecule has 118 valence electrons. The van der Waals surface area contributed by atoms with Crippen molar-refractivity contribution in [1.82, 2.24) is 15.3 Å². The largest absolute Gasteiger partial charge is 0.456 e. The summed E-state index contributed by atoms with van der Waals surface area (Å²) in [5, 5.41) is 3.44. The predicted octanol–water partition coefficient (Wildman–Crippen LogP) is 4.14. The molecule has 1 fully saturated rings. The third kappa shape index (κ3) is 2.88. The van der Waals surface area contributed by atoms with Crippen molar-refractivity contribution in [3.8, 4) is 11.1 Å². The SMILES string of the molecule is O=C1NC(=S)S/C1=C/c1cc2cncc(-c3ccc(Br)nc3)c2o1. The number of hydrogen-bond donors (Lipinski definition) is 1. The lowest BCUT2D eigenvalue weighted by atomic mass is 10.1. The van der Waals surface area contributed by atoms with Crippen molar-refractivity contribution in [1.29, 1.82) is 0 Å². The Morgan fingerprint density at radius 2 is 2.17 bits per heavy atom. The molecule has 8 heteroatoms. The molecule has 0 bridgehead atoms. The van der Waals surface area contributed by atoms with Gasteiger partial charge in [0.1, 0.15) is 20.3 Å². The summed E-state index contributed by atoms with van der Waals surface area (Å²) < 4.78 is 7.15. The standard InChI is InChI=1S/C16H8BrN3O2S2/c17-13-2-1-8(6-19-13)11-7-18-5-9-3-10(22-14(9)11)4-12-15(21)20-16(23)24-12/h1-7H,(H,20,21,23)/b12-4+. The molecular formula is C16H8BrN3O2S2. The minimum Gasteiger partial charge on any atom is -0.456 e. The van der Waals surface area contributed by atoms with Crippen LogP contribution < -0.4 is 5.32 Å². The van der Waals surface area contributed by atoms with E-state index in [0.29, 0.717) is 20.6 Å². The first kappa shape index (κ1) is 15.5. The smallest absolute Gasteiger partial charge is 0.263 e. The first-order valence-electron chi connectivity index (χ1n) is 6.84. The van der Waals surface area contributed by atoms with E-state index in [4.69, 9.17) is 16.6 Å². The van der Waals surface area contributed by atoms with E-state index in [2.05, 4.69) is 31.2 Å². The Labute approximate surface area is 154 Å². The second-order valence-electron chi connectivity index (χ2n) is 4.98. The van der Waals surface area contributed by atoms with E-state index in [0.717, 1.165) is 21.1 Å². The molecule has 1 aliphatic heterocycles. The molecule has 0 unspecified atom stereocenters. The van der Waals surface area contributed by atoms with E-state index in [9.17, 15) is 4.79 Å². The van der Waals surface area contributed by atoms with Gasteiger partial charge in [0.2, 0.25) is 0 Å². The number of nitrogens with one attached hydrogen (secondary N) is 1. The Morgan fingerprint density at radius 3 is 2.88 bits per heavy atom. The van der Waals surface area contributed by atoms with Gasteiger partial charge < -0.3 is 9.73 Å². The van der Waals surface area contributed by atoms with Crippen molar-refractivity contribution in [3.05, 3.63) is 52.1 Å². The average molecular weight is 418 g/mol. The monoisotopic (exact) mass is 417 g/mol. The minimum atomic E-state index is -0.207. The number of aromatic nitrogens is 2. The Bertz CT molecular complexity index is 1010. The number of rotatable bonds is 2. The number of amides is 1. The van der Waals surface area contributed by atoms with Crippen LogP contribution in [0.5, 0.6) is 0 Å². The summed E-state index contributed by atoms with van der Waals surface area (Å²) in [6.07, 6.45) is 6.89. The molecule has 5 nitrogen and oxygen atoms in total. The van der Waals surface area contributed by atoms with E-state index in [-0.39, 0.29) is 5.91 Å². The van der Waals surface area contributed by atoms with Gasteiger partial charge in [-0.1, -0.05) is 24.0 Å². The van der Waals surface area contributed by atoms with Crippen molar-refractivity contribution >= 4 is 67.2 Å². The topological polar surface area (TPSA) is 68.0 Å². The quantitative estimate of drug-likeness (QED) is 0.383. The van der Waals surface area contributed by atoms with E-state index >= 15 is 0 Å². The maximum absolute atomic E-state index is 11.8. The van der Waals surface area contributed by atoms with Crippen molar-refractivity contribution in [2.45, 2.75) is 0 Å². The molecule has 0 saturated carbocycles. The van der Waals surface area contributed by atoms with Gasteiger partial charge in [-0.25, -0.2) is 4.98 Å². The number of thioether (sulfide) groups is 1. The molecule has 4 rings (SSSR count). The number of nitrogens with zero attached hydrogens (tertiary/aromatic N) is 2. The highest BCUT2D eigenvalue weighted by Crippen LogP contribution is 2.32. The number of hydrogen-bond acceptors (Lipinski definition) is 6. The van der Waals surface area contributed by atoms with Crippen LogP contribution in [0.4, 0.5) is 0 Å². The van der Waals surface area contributed by atoms with E-state index in [1.807, 2.05) is 18.2 Å². The van der Waals surface area contributed by atoms with Gasteiger partial charge in [-0.05, 0) is 34.1 Å². The van der Waals surface area contributed by atoms with E-state index in [1.165, 1.54) is 11.8 Å². The zero-order valence-electron chi connectivity index (χ0n) is 11.9. The number of fused-ring (bicyclic) bond motifs is 1. The van der Waals surface area contributed by atoms with Crippen LogP contribution >= 0.6 is 39.9 Å². The summed E-state index contributed by atoms with van der Waals surface area (Å²) in [6.45, 7) is 0. The minimum absolute atomic E-state index is 0.207. The molecule has 0 spiro atoms. The molecule has 1 aliphatic rings. The lowest BCUT2D eigenvalue weighted by Gasteiger charge is -2.01. The van der Waals surface area contributed by atoms with Crippen LogP contribution in [-0.2, 0) is 4.79 Å². The Hall–Kier alpha value is -2.03. The first-order valence-corrected chi connectivity index (χ1v) is 8.86. The van der Waals surface area contributed by atoms with Crippen LogP contribution in [0.3, 0.4) is 0 Å². The second-order valence-corrected chi connectivity index (χ2v) is 7.51. The fourth-order valence-corrected chi connectivity index (χ4v) is 3.60. The Kier molecular flexibility index (Phi) is 3.95. The molecular weight excluding hydrogens is 410 g/mol. The number of carbonyl (C=O) groups is 1. The molecule has 0 atom stereocenters. The summed E-state index contributed by atoms with van der Waals surface area (Å²) in [7, 11) is 0. The maximum atomic E-state index is 11.8. The highest BCUT2D eigenvalue weighted by atomic mass is 79.9. The van der Waals surface area contributed by atoms with Gasteiger partial charge in [0.15, 0.2) is 0 Å². The van der Waals surface area contributed by atoms with Gasteiger partial charge in [-0.3, -0.25) is 9.78 Å². The van der Waals surface area contributed by atoms with Crippen LogP contribution in [0.1, 0.15) is 5.76 Å². The highest BCUT2D eigenvalue weighted by Gasteiger charge is 2.22. The Balaban J connectivity index is 1.80. The zero-order valence-corrected chi connectivity index (χ0v) is 15.2. The predicted molar refractivity (Wildman–Crippen MR) is 101 cm³/mol. The molecule has 1 N–H and O–H groups in total. The van der Waals surface area contributed by atoms with E-state index in [1.54, 1.807) is 24.7 Å². The molecule has 3 aromatic rings. The molecule has 4 heterocycles. The number of furan rings is 1. The van der Waals surface area contributed by atoms with Crippen LogP contribution in [0, 0.1) is 0 Å². The fourth-order valence-electron chi connectivity index (χ4n) is 2.34. The summed E-state index contributed by atoms with van der Waals surface area (Å²) in [5.74, 6) is 0.368. The summed E-state index contributed by atoms with van der Waals surface area (Å²) in [4.78, 5) is 20.8. The van der Waals surface area contributed by atoms with Crippen molar-refractivity contribution in [2.24, 2.45) is 0 Å².